The second-order valence-corrected chi connectivity index (χ2v) is 5.51. The lowest BCUT2D eigenvalue weighted by Crippen LogP contribution is -2.11. The van der Waals surface area contributed by atoms with Crippen molar-refractivity contribution in [2.24, 2.45) is 0 Å². The third kappa shape index (κ3) is 2.93. The number of rotatable bonds is 3. The van der Waals surface area contributed by atoms with Crippen LogP contribution in [-0.4, -0.2) is 17.1 Å². The number of hydrogen-bond donors (Lipinski definition) is 1. The molecule has 1 N–H and O–H groups in total. The maximum atomic E-state index is 14.1. The number of aromatic nitrogens is 1. The molecule has 24 heavy (non-hydrogen) atoms. The van der Waals surface area contributed by atoms with Crippen molar-refractivity contribution in [2.75, 3.05) is 11.9 Å². The molecule has 1 heterocycles. The zero-order chi connectivity index (χ0) is 17.3. The van der Waals surface area contributed by atoms with Gasteiger partial charge in [0.05, 0.1) is 5.69 Å². The smallest absolute Gasteiger partial charge is 0.174 e. The predicted molar refractivity (Wildman–Crippen MR) is 90.5 cm³/mol. The second-order valence-electron chi connectivity index (χ2n) is 5.51. The molecule has 3 aromatic rings. The highest BCUT2D eigenvalue weighted by atomic mass is 19.1. The summed E-state index contributed by atoms with van der Waals surface area (Å²) in [5.41, 5.74) is 1.94. The molecular weight excluding hydrogens is 310 g/mol. The van der Waals surface area contributed by atoms with Crippen LogP contribution in [0.5, 0.6) is 5.75 Å². The summed E-state index contributed by atoms with van der Waals surface area (Å²) in [5.74, 6) is -0.804. The molecule has 0 unspecified atom stereocenters. The number of hydrogen-bond acceptors (Lipinski definition) is 3. The fourth-order valence-electron chi connectivity index (χ4n) is 2.45. The summed E-state index contributed by atoms with van der Waals surface area (Å²) in [7, 11) is 1.80. The average Bonchev–Trinajstić information content (AvgIpc) is 2.59. The van der Waals surface area contributed by atoms with E-state index in [1.54, 1.807) is 61.3 Å². The molecule has 0 saturated carbocycles. The molecule has 0 saturated heterocycles. The van der Waals surface area contributed by atoms with Crippen LogP contribution < -0.4 is 4.90 Å². The van der Waals surface area contributed by atoms with E-state index in [-0.39, 0.29) is 11.4 Å². The van der Waals surface area contributed by atoms with E-state index < -0.39 is 11.6 Å². The van der Waals surface area contributed by atoms with Crippen molar-refractivity contribution in [2.45, 2.75) is 6.92 Å². The molecule has 3 rings (SSSR count). The van der Waals surface area contributed by atoms with Gasteiger partial charge in [0, 0.05) is 18.3 Å². The van der Waals surface area contributed by atoms with Gasteiger partial charge in [-0.25, -0.2) is 13.8 Å². The van der Waals surface area contributed by atoms with E-state index in [0.29, 0.717) is 17.1 Å². The summed E-state index contributed by atoms with van der Waals surface area (Å²) >= 11 is 0. The Morgan fingerprint density at radius 3 is 2.50 bits per heavy atom. The number of benzene rings is 2. The van der Waals surface area contributed by atoms with E-state index in [1.807, 2.05) is 0 Å². The van der Waals surface area contributed by atoms with Gasteiger partial charge < -0.3 is 10.0 Å². The lowest BCUT2D eigenvalue weighted by Gasteiger charge is -2.19. The predicted octanol–water partition coefficient (Wildman–Crippen LogP) is 4.81. The zero-order valence-electron chi connectivity index (χ0n) is 13.3. The Hall–Kier alpha value is -2.95. The lowest BCUT2D eigenvalue weighted by molar-refractivity contribution is 0.433. The topological polar surface area (TPSA) is 36.4 Å². The number of pyridine rings is 1. The summed E-state index contributed by atoms with van der Waals surface area (Å²) in [6.07, 6.45) is 0. The van der Waals surface area contributed by atoms with Gasteiger partial charge in [-0.05, 0) is 55.0 Å². The van der Waals surface area contributed by atoms with Crippen LogP contribution in [0.3, 0.4) is 0 Å². The molecule has 0 atom stereocenters. The molecule has 3 nitrogen and oxygen atoms in total. The molecule has 0 radical (unpaired) electrons. The number of phenols is 1. The average molecular weight is 326 g/mol. The molecular formula is C19H16F2N2O. The van der Waals surface area contributed by atoms with E-state index in [2.05, 4.69) is 4.98 Å². The Morgan fingerprint density at radius 2 is 1.75 bits per heavy atom. The van der Waals surface area contributed by atoms with Crippen molar-refractivity contribution in [3.05, 3.63) is 71.8 Å². The van der Waals surface area contributed by atoms with E-state index >= 15 is 0 Å². The fraction of sp³-hybridized carbons (Fsp3) is 0.105. The zero-order valence-corrected chi connectivity index (χ0v) is 13.3. The van der Waals surface area contributed by atoms with Gasteiger partial charge in [0.1, 0.15) is 11.6 Å². The van der Waals surface area contributed by atoms with Gasteiger partial charge in [0.25, 0.3) is 0 Å². The van der Waals surface area contributed by atoms with Crippen molar-refractivity contribution >= 4 is 11.5 Å². The van der Waals surface area contributed by atoms with Crippen molar-refractivity contribution in [3.63, 3.8) is 0 Å². The largest absolute Gasteiger partial charge is 0.505 e. The van der Waals surface area contributed by atoms with Gasteiger partial charge in [-0.15, -0.1) is 0 Å². The van der Waals surface area contributed by atoms with Crippen molar-refractivity contribution in [1.29, 1.82) is 0 Å². The molecule has 2 aromatic carbocycles. The van der Waals surface area contributed by atoms with E-state index in [0.717, 1.165) is 5.69 Å². The van der Waals surface area contributed by atoms with Crippen LogP contribution in [0.1, 0.15) is 5.56 Å². The van der Waals surface area contributed by atoms with Crippen LogP contribution in [0.2, 0.25) is 0 Å². The first-order valence-electron chi connectivity index (χ1n) is 7.42. The molecule has 0 fully saturated rings. The van der Waals surface area contributed by atoms with Crippen LogP contribution in [0.15, 0.2) is 54.6 Å². The fourth-order valence-corrected chi connectivity index (χ4v) is 2.45. The van der Waals surface area contributed by atoms with Crippen LogP contribution in [0.25, 0.3) is 11.3 Å². The summed E-state index contributed by atoms with van der Waals surface area (Å²) in [6.45, 7) is 1.69. The second kappa shape index (κ2) is 6.28. The number of aryl methyl sites for hydroxylation is 1. The molecule has 0 spiro atoms. The van der Waals surface area contributed by atoms with Crippen LogP contribution in [-0.2, 0) is 0 Å². The van der Waals surface area contributed by atoms with Gasteiger partial charge in [-0.1, -0.05) is 12.1 Å². The molecule has 0 bridgehead atoms. The molecule has 0 aliphatic rings. The van der Waals surface area contributed by atoms with Crippen LogP contribution in [0, 0.1) is 18.6 Å². The summed E-state index contributed by atoms with van der Waals surface area (Å²) in [6, 6.07) is 14.4. The summed E-state index contributed by atoms with van der Waals surface area (Å²) in [4.78, 5) is 6.24. The SMILES string of the molecule is Cc1cc(N(C)c2cccc(-c3cccc(O)c3F)n2)ccc1F. The third-order valence-electron chi connectivity index (χ3n) is 3.86. The molecule has 122 valence electrons. The summed E-state index contributed by atoms with van der Waals surface area (Å²) in [5, 5.41) is 9.53. The minimum atomic E-state index is -0.706. The quantitative estimate of drug-likeness (QED) is 0.750. The number of nitrogens with zero attached hydrogens (tertiary/aromatic N) is 2. The molecule has 1 aromatic heterocycles. The van der Waals surface area contributed by atoms with Gasteiger partial charge in [-0.2, -0.15) is 0 Å². The van der Waals surface area contributed by atoms with Crippen molar-refractivity contribution in [3.8, 4) is 17.0 Å². The Bertz CT molecular complexity index is 896. The summed E-state index contributed by atoms with van der Waals surface area (Å²) < 4.78 is 27.5. The van der Waals surface area contributed by atoms with E-state index in [4.69, 9.17) is 0 Å². The molecule has 0 aliphatic heterocycles. The first kappa shape index (κ1) is 15.9. The van der Waals surface area contributed by atoms with E-state index in [1.165, 1.54) is 12.1 Å². The maximum Gasteiger partial charge on any atom is 0.174 e. The standard InChI is InChI=1S/C19H16F2N2O/c1-12-11-13(9-10-15(12)20)23(2)18-8-4-6-16(22-18)14-5-3-7-17(24)19(14)21/h3-11,24H,1-2H3. The van der Waals surface area contributed by atoms with Gasteiger partial charge in [-0.3, -0.25) is 0 Å². The first-order valence-corrected chi connectivity index (χ1v) is 7.42. The molecule has 0 amide bonds. The molecule has 5 heteroatoms. The minimum Gasteiger partial charge on any atom is -0.505 e. The van der Waals surface area contributed by atoms with Crippen molar-refractivity contribution < 1.29 is 13.9 Å². The van der Waals surface area contributed by atoms with Crippen molar-refractivity contribution in [1.82, 2.24) is 4.98 Å². The van der Waals surface area contributed by atoms with Gasteiger partial charge in [0.15, 0.2) is 11.6 Å². The highest BCUT2D eigenvalue weighted by molar-refractivity contribution is 5.67. The maximum absolute atomic E-state index is 14.1. The minimum absolute atomic E-state index is 0.223. The van der Waals surface area contributed by atoms with Crippen LogP contribution in [0.4, 0.5) is 20.3 Å². The normalized spacial score (nSPS) is 10.7. The van der Waals surface area contributed by atoms with Gasteiger partial charge >= 0.3 is 0 Å². The lowest BCUT2D eigenvalue weighted by atomic mass is 10.1. The van der Waals surface area contributed by atoms with Crippen LogP contribution >= 0.6 is 0 Å². The monoisotopic (exact) mass is 326 g/mol. The van der Waals surface area contributed by atoms with Gasteiger partial charge in [0.2, 0.25) is 0 Å². The third-order valence-corrected chi connectivity index (χ3v) is 3.86. The Labute approximate surface area is 138 Å². The first-order chi connectivity index (χ1) is 11.5. The Balaban J connectivity index is 2.01. The number of halogens is 2. The van der Waals surface area contributed by atoms with E-state index in [9.17, 15) is 13.9 Å². The highest BCUT2D eigenvalue weighted by Crippen LogP contribution is 2.30. The number of anilines is 2. The number of phenolic OH excluding ortho intramolecular Hbond substituents is 1. The molecule has 0 aliphatic carbocycles. The Kier molecular flexibility index (Phi) is 4.16. The highest BCUT2D eigenvalue weighted by Gasteiger charge is 2.13. The number of aromatic hydroxyl groups is 1. The Morgan fingerprint density at radius 1 is 1.00 bits per heavy atom.